The molecule has 1 aromatic carbocycles. The average molecular weight is 274 g/mol. The van der Waals surface area contributed by atoms with E-state index in [9.17, 15) is 9.18 Å². The zero-order valence-corrected chi connectivity index (χ0v) is 11.1. The second-order valence-corrected chi connectivity index (χ2v) is 4.27. The molecule has 2 N–H and O–H groups in total. The van der Waals surface area contributed by atoms with Gasteiger partial charge in [-0.15, -0.1) is 0 Å². The van der Waals surface area contributed by atoms with E-state index >= 15 is 0 Å². The van der Waals surface area contributed by atoms with Gasteiger partial charge < -0.3 is 10.6 Å². The van der Waals surface area contributed by atoms with Gasteiger partial charge in [-0.2, -0.15) is 0 Å². The third-order valence-corrected chi connectivity index (χ3v) is 2.84. The summed E-state index contributed by atoms with van der Waals surface area (Å²) in [7, 11) is 0. The molecular formula is C14H15FN4O. The second-order valence-electron chi connectivity index (χ2n) is 4.27. The molecule has 1 aromatic heterocycles. The number of carbonyl (C=O) groups excluding carboxylic acids is 1. The molecule has 1 amide bonds. The topological polar surface area (TPSA) is 72.1 Å². The van der Waals surface area contributed by atoms with Crippen LogP contribution in [0.4, 0.5) is 10.2 Å². The van der Waals surface area contributed by atoms with Crippen molar-refractivity contribution < 1.29 is 9.18 Å². The SMILES string of the molecule is CCN(Cc1cccc(F)c1)c1cncc(C(N)=O)n1. The number of nitrogens with two attached hydrogens (primary N) is 1. The van der Waals surface area contributed by atoms with Crippen LogP contribution in [-0.4, -0.2) is 22.4 Å². The fourth-order valence-electron chi connectivity index (χ4n) is 1.84. The van der Waals surface area contributed by atoms with Crippen molar-refractivity contribution in [3.8, 4) is 0 Å². The number of hydrogen-bond acceptors (Lipinski definition) is 4. The molecule has 1 heterocycles. The third-order valence-electron chi connectivity index (χ3n) is 2.84. The van der Waals surface area contributed by atoms with Crippen molar-refractivity contribution >= 4 is 11.7 Å². The maximum Gasteiger partial charge on any atom is 0.268 e. The molecule has 2 aromatic rings. The van der Waals surface area contributed by atoms with Gasteiger partial charge in [0.05, 0.1) is 12.4 Å². The van der Waals surface area contributed by atoms with Crippen LogP contribution in [0.2, 0.25) is 0 Å². The van der Waals surface area contributed by atoms with Crippen LogP contribution < -0.4 is 10.6 Å². The Balaban J connectivity index is 2.24. The lowest BCUT2D eigenvalue weighted by Gasteiger charge is -2.21. The number of halogens is 1. The summed E-state index contributed by atoms with van der Waals surface area (Å²) in [5, 5.41) is 0. The summed E-state index contributed by atoms with van der Waals surface area (Å²) in [4.78, 5) is 21.1. The van der Waals surface area contributed by atoms with Crippen molar-refractivity contribution in [3.05, 3.63) is 53.7 Å². The van der Waals surface area contributed by atoms with Crippen LogP contribution in [-0.2, 0) is 6.54 Å². The molecule has 0 spiro atoms. The van der Waals surface area contributed by atoms with Gasteiger partial charge in [-0.05, 0) is 24.6 Å². The van der Waals surface area contributed by atoms with E-state index in [4.69, 9.17) is 5.73 Å². The summed E-state index contributed by atoms with van der Waals surface area (Å²) in [6.07, 6.45) is 2.87. The molecular weight excluding hydrogens is 259 g/mol. The zero-order chi connectivity index (χ0) is 14.5. The molecule has 2 rings (SSSR count). The first-order valence-corrected chi connectivity index (χ1v) is 6.21. The van der Waals surface area contributed by atoms with Crippen LogP contribution in [0, 0.1) is 5.82 Å². The lowest BCUT2D eigenvalue weighted by molar-refractivity contribution is 0.0995. The van der Waals surface area contributed by atoms with Gasteiger partial charge in [0.1, 0.15) is 17.3 Å². The van der Waals surface area contributed by atoms with Crippen LogP contribution in [0.3, 0.4) is 0 Å². The van der Waals surface area contributed by atoms with Gasteiger partial charge in [0.25, 0.3) is 5.91 Å². The Hall–Kier alpha value is -2.50. The van der Waals surface area contributed by atoms with E-state index in [1.54, 1.807) is 12.3 Å². The van der Waals surface area contributed by atoms with Crippen molar-refractivity contribution in [3.63, 3.8) is 0 Å². The minimum Gasteiger partial charge on any atom is -0.364 e. The zero-order valence-electron chi connectivity index (χ0n) is 11.1. The highest BCUT2D eigenvalue weighted by molar-refractivity contribution is 5.90. The van der Waals surface area contributed by atoms with E-state index in [1.807, 2.05) is 17.9 Å². The molecule has 0 aliphatic rings. The summed E-state index contributed by atoms with van der Waals surface area (Å²) in [5.41, 5.74) is 6.12. The summed E-state index contributed by atoms with van der Waals surface area (Å²) < 4.78 is 13.2. The number of carbonyl (C=O) groups is 1. The standard InChI is InChI=1S/C14H15FN4O/c1-2-19(9-10-4-3-5-11(15)6-10)13-8-17-7-12(18-13)14(16)20/h3-8H,2,9H2,1H3,(H2,16,20). The lowest BCUT2D eigenvalue weighted by atomic mass is 10.2. The minimum atomic E-state index is -0.624. The van der Waals surface area contributed by atoms with Gasteiger partial charge in [0, 0.05) is 13.1 Å². The smallest absolute Gasteiger partial charge is 0.268 e. The number of primary amides is 1. The predicted octanol–water partition coefficient (Wildman–Crippen LogP) is 1.74. The molecule has 0 bridgehead atoms. The van der Waals surface area contributed by atoms with Crippen molar-refractivity contribution in [1.82, 2.24) is 9.97 Å². The summed E-state index contributed by atoms with van der Waals surface area (Å²) in [6.45, 7) is 3.07. The number of hydrogen-bond donors (Lipinski definition) is 1. The van der Waals surface area contributed by atoms with Crippen LogP contribution in [0.5, 0.6) is 0 Å². The van der Waals surface area contributed by atoms with Crippen LogP contribution in [0.25, 0.3) is 0 Å². The van der Waals surface area contributed by atoms with Crippen LogP contribution in [0.15, 0.2) is 36.7 Å². The Morgan fingerprint density at radius 3 is 2.85 bits per heavy atom. The Bertz CT molecular complexity index is 618. The predicted molar refractivity (Wildman–Crippen MR) is 73.7 cm³/mol. The molecule has 0 atom stereocenters. The Morgan fingerprint density at radius 1 is 1.40 bits per heavy atom. The van der Waals surface area contributed by atoms with Crippen molar-refractivity contribution in [2.24, 2.45) is 5.73 Å². The molecule has 20 heavy (non-hydrogen) atoms. The summed E-state index contributed by atoms with van der Waals surface area (Å²) in [6, 6.07) is 6.35. The molecule has 0 radical (unpaired) electrons. The summed E-state index contributed by atoms with van der Waals surface area (Å²) >= 11 is 0. The monoisotopic (exact) mass is 274 g/mol. The van der Waals surface area contributed by atoms with Gasteiger partial charge in [-0.25, -0.2) is 9.37 Å². The fraction of sp³-hybridized carbons (Fsp3) is 0.214. The number of nitrogens with zero attached hydrogens (tertiary/aromatic N) is 3. The van der Waals surface area contributed by atoms with E-state index in [0.29, 0.717) is 18.9 Å². The summed E-state index contributed by atoms with van der Waals surface area (Å²) in [5.74, 6) is -0.371. The minimum absolute atomic E-state index is 0.111. The lowest BCUT2D eigenvalue weighted by Crippen LogP contribution is -2.25. The Labute approximate surface area is 116 Å². The van der Waals surface area contributed by atoms with Crippen molar-refractivity contribution in [2.75, 3.05) is 11.4 Å². The first-order valence-electron chi connectivity index (χ1n) is 6.21. The highest BCUT2D eigenvalue weighted by atomic mass is 19.1. The van der Waals surface area contributed by atoms with Gasteiger partial charge in [0.2, 0.25) is 0 Å². The number of amides is 1. The molecule has 0 aliphatic heterocycles. The quantitative estimate of drug-likeness (QED) is 0.901. The van der Waals surface area contributed by atoms with Crippen LogP contribution >= 0.6 is 0 Å². The normalized spacial score (nSPS) is 10.3. The molecule has 5 nitrogen and oxygen atoms in total. The molecule has 0 unspecified atom stereocenters. The highest BCUT2D eigenvalue weighted by Crippen LogP contribution is 2.14. The average Bonchev–Trinajstić information content (AvgIpc) is 2.45. The highest BCUT2D eigenvalue weighted by Gasteiger charge is 2.10. The van der Waals surface area contributed by atoms with E-state index in [-0.39, 0.29) is 11.5 Å². The number of rotatable bonds is 5. The maximum absolute atomic E-state index is 13.2. The first-order chi connectivity index (χ1) is 9.60. The second kappa shape index (κ2) is 6.10. The Kier molecular flexibility index (Phi) is 4.24. The van der Waals surface area contributed by atoms with Gasteiger partial charge in [0.15, 0.2) is 0 Å². The first kappa shape index (κ1) is 13.9. The maximum atomic E-state index is 13.2. The van der Waals surface area contributed by atoms with Crippen molar-refractivity contribution in [1.29, 1.82) is 0 Å². The van der Waals surface area contributed by atoms with Gasteiger partial charge in [-0.3, -0.25) is 9.78 Å². The largest absolute Gasteiger partial charge is 0.364 e. The van der Waals surface area contributed by atoms with E-state index < -0.39 is 5.91 Å². The number of aromatic nitrogens is 2. The number of anilines is 1. The number of benzene rings is 1. The van der Waals surface area contributed by atoms with Gasteiger partial charge >= 0.3 is 0 Å². The molecule has 6 heteroatoms. The Morgan fingerprint density at radius 2 is 2.20 bits per heavy atom. The van der Waals surface area contributed by atoms with E-state index in [0.717, 1.165) is 5.56 Å². The molecule has 104 valence electrons. The molecule has 0 fully saturated rings. The fourth-order valence-corrected chi connectivity index (χ4v) is 1.84. The van der Waals surface area contributed by atoms with E-state index in [1.165, 1.54) is 18.3 Å². The molecule has 0 saturated carbocycles. The molecule has 0 aliphatic carbocycles. The van der Waals surface area contributed by atoms with Gasteiger partial charge in [-0.1, -0.05) is 12.1 Å². The third kappa shape index (κ3) is 3.28. The van der Waals surface area contributed by atoms with E-state index in [2.05, 4.69) is 9.97 Å². The van der Waals surface area contributed by atoms with Crippen molar-refractivity contribution in [2.45, 2.75) is 13.5 Å². The van der Waals surface area contributed by atoms with Crippen LogP contribution in [0.1, 0.15) is 23.0 Å². The molecule has 0 saturated heterocycles.